The summed E-state index contributed by atoms with van der Waals surface area (Å²) in [6.07, 6.45) is 3.08. The minimum atomic E-state index is -0.867. The summed E-state index contributed by atoms with van der Waals surface area (Å²) in [7, 11) is 0. The number of epoxide rings is 1. The number of amides is 2. The average molecular weight is 514 g/mol. The molecule has 0 spiro atoms. The molecule has 1 aromatic carbocycles. The molecule has 3 fully saturated rings. The molecule has 0 radical (unpaired) electrons. The van der Waals surface area contributed by atoms with Crippen molar-refractivity contribution in [1.82, 2.24) is 15.5 Å². The van der Waals surface area contributed by atoms with Gasteiger partial charge in [-0.25, -0.2) is 0 Å². The first-order chi connectivity index (χ1) is 17.7. The molecule has 3 aliphatic rings. The van der Waals surface area contributed by atoms with E-state index in [4.69, 9.17) is 9.47 Å². The molecule has 0 bridgehead atoms. The van der Waals surface area contributed by atoms with Crippen LogP contribution in [0.3, 0.4) is 0 Å². The summed E-state index contributed by atoms with van der Waals surface area (Å²) in [5, 5.41) is 5.74. The summed E-state index contributed by atoms with van der Waals surface area (Å²) < 4.78 is 10.7. The molecule has 1 aliphatic carbocycles. The van der Waals surface area contributed by atoms with Crippen molar-refractivity contribution in [2.45, 2.75) is 63.6 Å². The molecule has 1 saturated carbocycles. The SMILES string of the molecule is C[C@H](NC(=O)CN1CCOCC1)C(=O)C[C@@H](CC1CC1)C(=O)N[C@@H](Cc1ccccc1)C(=O)[C@@]1(C)CO1. The zero-order valence-electron chi connectivity index (χ0n) is 21.9. The Labute approximate surface area is 218 Å². The van der Waals surface area contributed by atoms with Crippen molar-refractivity contribution in [3.63, 3.8) is 0 Å². The van der Waals surface area contributed by atoms with E-state index in [1.54, 1.807) is 13.8 Å². The van der Waals surface area contributed by atoms with Gasteiger partial charge < -0.3 is 20.1 Å². The third kappa shape index (κ3) is 8.18. The first-order valence-electron chi connectivity index (χ1n) is 13.4. The van der Waals surface area contributed by atoms with Crippen LogP contribution in [0, 0.1) is 11.8 Å². The second kappa shape index (κ2) is 12.3. The monoisotopic (exact) mass is 513 g/mol. The predicted octanol–water partition coefficient (Wildman–Crippen LogP) is 1.28. The number of ether oxygens (including phenoxy) is 2. The van der Waals surface area contributed by atoms with Crippen molar-refractivity contribution in [3.05, 3.63) is 35.9 Å². The van der Waals surface area contributed by atoms with E-state index in [1.807, 2.05) is 35.2 Å². The van der Waals surface area contributed by atoms with Crippen LogP contribution in [0.25, 0.3) is 0 Å². The lowest BCUT2D eigenvalue weighted by Crippen LogP contribution is -2.50. The van der Waals surface area contributed by atoms with Crippen LogP contribution in [0.1, 0.15) is 45.1 Å². The molecule has 2 aliphatic heterocycles. The second-order valence-electron chi connectivity index (χ2n) is 10.9. The van der Waals surface area contributed by atoms with E-state index in [0.717, 1.165) is 18.4 Å². The third-order valence-corrected chi connectivity index (χ3v) is 7.48. The summed E-state index contributed by atoms with van der Waals surface area (Å²) in [4.78, 5) is 54.1. The molecule has 2 saturated heterocycles. The van der Waals surface area contributed by atoms with Gasteiger partial charge in [0, 0.05) is 25.4 Å². The molecule has 2 amide bonds. The molecule has 2 heterocycles. The van der Waals surface area contributed by atoms with Crippen molar-refractivity contribution in [2.75, 3.05) is 39.5 Å². The smallest absolute Gasteiger partial charge is 0.234 e. The zero-order chi connectivity index (χ0) is 26.4. The van der Waals surface area contributed by atoms with E-state index in [-0.39, 0.29) is 36.3 Å². The Bertz CT molecular complexity index is 969. The van der Waals surface area contributed by atoms with Gasteiger partial charge in [-0.3, -0.25) is 24.1 Å². The Kier molecular flexibility index (Phi) is 9.10. The van der Waals surface area contributed by atoms with Crippen molar-refractivity contribution in [3.8, 4) is 0 Å². The minimum absolute atomic E-state index is 0.0291. The van der Waals surface area contributed by atoms with Crippen LogP contribution >= 0.6 is 0 Å². The Morgan fingerprint density at radius 2 is 1.76 bits per heavy atom. The van der Waals surface area contributed by atoms with Crippen LogP contribution in [-0.4, -0.2) is 85.4 Å². The number of hydrogen-bond acceptors (Lipinski definition) is 7. The van der Waals surface area contributed by atoms with E-state index in [1.165, 1.54) is 0 Å². The van der Waals surface area contributed by atoms with Crippen molar-refractivity contribution in [1.29, 1.82) is 0 Å². The van der Waals surface area contributed by atoms with Gasteiger partial charge in [-0.1, -0.05) is 43.2 Å². The van der Waals surface area contributed by atoms with E-state index >= 15 is 0 Å². The summed E-state index contributed by atoms with van der Waals surface area (Å²) in [6, 6.07) is 8.13. The Morgan fingerprint density at radius 1 is 1.08 bits per heavy atom. The molecule has 4 atom stereocenters. The van der Waals surface area contributed by atoms with Crippen LogP contribution in [0.4, 0.5) is 0 Å². The van der Waals surface area contributed by atoms with Gasteiger partial charge in [-0.15, -0.1) is 0 Å². The molecule has 0 aromatic heterocycles. The van der Waals surface area contributed by atoms with Crippen LogP contribution in [0.5, 0.6) is 0 Å². The molecule has 0 unspecified atom stereocenters. The van der Waals surface area contributed by atoms with E-state index < -0.39 is 23.6 Å². The standard InChI is InChI=1S/C28H39N3O6/c1-19(29-25(33)17-31-10-12-36-13-11-31)24(32)16-22(14-21-8-9-21)27(35)30-23(26(34)28(2)18-37-28)15-20-6-4-3-5-7-20/h3-7,19,21-23H,8-18H2,1-2H3,(H,29,33)(H,30,35)/t19-,22+,23-,28+/m0/s1. The summed E-state index contributed by atoms with van der Waals surface area (Å²) in [6.45, 7) is 6.54. The molecule has 9 nitrogen and oxygen atoms in total. The summed E-state index contributed by atoms with van der Waals surface area (Å²) in [5.74, 6) is -0.952. The number of hydrogen-bond donors (Lipinski definition) is 2. The highest BCUT2D eigenvalue weighted by molar-refractivity contribution is 5.98. The van der Waals surface area contributed by atoms with E-state index in [0.29, 0.717) is 51.7 Å². The quantitative estimate of drug-likeness (QED) is 0.360. The largest absolute Gasteiger partial charge is 0.379 e. The van der Waals surface area contributed by atoms with Gasteiger partial charge in [-0.2, -0.15) is 0 Å². The summed E-state index contributed by atoms with van der Waals surface area (Å²) in [5.41, 5.74) is 0.0743. The van der Waals surface area contributed by atoms with Gasteiger partial charge in [0.1, 0.15) is 5.60 Å². The van der Waals surface area contributed by atoms with E-state index in [2.05, 4.69) is 10.6 Å². The molecule has 4 rings (SSSR count). The Hall–Kier alpha value is -2.62. The molecular weight excluding hydrogens is 474 g/mol. The summed E-state index contributed by atoms with van der Waals surface area (Å²) >= 11 is 0. The number of nitrogens with one attached hydrogen (secondary N) is 2. The maximum Gasteiger partial charge on any atom is 0.234 e. The lowest BCUT2D eigenvalue weighted by atomic mass is 9.90. The predicted molar refractivity (Wildman–Crippen MR) is 137 cm³/mol. The Morgan fingerprint density at radius 3 is 2.38 bits per heavy atom. The number of ketones is 2. The number of morpholine rings is 1. The molecule has 2 N–H and O–H groups in total. The van der Waals surface area contributed by atoms with Gasteiger partial charge >= 0.3 is 0 Å². The number of benzene rings is 1. The van der Waals surface area contributed by atoms with Gasteiger partial charge in [0.2, 0.25) is 11.8 Å². The fourth-order valence-electron chi connectivity index (χ4n) is 4.76. The number of carbonyl (C=O) groups is 4. The molecule has 202 valence electrons. The number of rotatable bonds is 14. The number of nitrogens with zero attached hydrogens (tertiary/aromatic N) is 1. The van der Waals surface area contributed by atoms with Gasteiger partial charge in [-0.05, 0) is 38.2 Å². The van der Waals surface area contributed by atoms with Crippen molar-refractivity contribution >= 4 is 23.4 Å². The van der Waals surface area contributed by atoms with Crippen LogP contribution in [0.2, 0.25) is 0 Å². The van der Waals surface area contributed by atoms with Gasteiger partial charge in [0.25, 0.3) is 0 Å². The molecule has 1 aromatic rings. The average Bonchev–Trinajstić information content (AvgIpc) is 3.82. The van der Waals surface area contributed by atoms with Crippen molar-refractivity contribution < 1.29 is 28.7 Å². The molecule has 37 heavy (non-hydrogen) atoms. The van der Waals surface area contributed by atoms with Crippen LogP contribution in [-0.2, 0) is 35.1 Å². The third-order valence-electron chi connectivity index (χ3n) is 7.48. The Balaban J connectivity index is 1.36. The number of Topliss-reactive ketones (excluding diaryl/α,β-unsaturated/α-hetero) is 2. The maximum absolute atomic E-state index is 13.4. The normalized spacial score (nSPS) is 23.9. The van der Waals surface area contributed by atoms with E-state index in [9.17, 15) is 19.2 Å². The highest BCUT2D eigenvalue weighted by Gasteiger charge is 2.50. The fourth-order valence-corrected chi connectivity index (χ4v) is 4.76. The van der Waals surface area contributed by atoms with Crippen molar-refractivity contribution in [2.24, 2.45) is 11.8 Å². The van der Waals surface area contributed by atoms with Crippen LogP contribution in [0.15, 0.2) is 30.3 Å². The van der Waals surface area contributed by atoms with Crippen LogP contribution < -0.4 is 10.6 Å². The van der Waals surface area contributed by atoms with Gasteiger partial charge in [0.15, 0.2) is 11.6 Å². The van der Waals surface area contributed by atoms with Gasteiger partial charge in [0.05, 0.1) is 38.4 Å². The zero-order valence-corrected chi connectivity index (χ0v) is 21.9. The minimum Gasteiger partial charge on any atom is -0.379 e. The lowest BCUT2D eigenvalue weighted by molar-refractivity contribution is -0.134. The lowest BCUT2D eigenvalue weighted by Gasteiger charge is -2.26. The topological polar surface area (TPSA) is 117 Å². The second-order valence-corrected chi connectivity index (χ2v) is 10.9. The molecular formula is C28H39N3O6. The fraction of sp³-hybridized carbons (Fsp3) is 0.643. The highest BCUT2D eigenvalue weighted by atomic mass is 16.6. The highest BCUT2D eigenvalue weighted by Crippen LogP contribution is 2.37. The maximum atomic E-state index is 13.4. The first kappa shape index (κ1) is 27.4. The molecule has 9 heteroatoms. The number of carbonyl (C=O) groups excluding carboxylic acids is 4. The first-order valence-corrected chi connectivity index (χ1v) is 13.4.